The first kappa shape index (κ1) is 22.3. The first-order valence-corrected chi connectivity index (χ1v) is 13.2. The van der Waals surface area contributed by atoms with Gasteiger partial charge in [-0.05, 0) is 59.9 Å². The lowest BCUT2D eigenvalue weighted by Gasteiger charge is -2.43. The number of fused-ring (bicyclic) bond motifs is 2. The number of hydrogen-bond donors (Lipinski definition) is 0. The standard InChI is InChI=1S/C32H33NO2/c1-21(34)24-17-18-26-27(19-24)25-15-9-4-10-16-28-30(25)31(29(26)23-13-7-3-8-14-23)32(35)33(28)20-22-11-5-2-6-12-22/h2-3,5-8,11-14,17-19,25,28-31H,4,9-10,15-16,20H2,1H3/t25-,28+,29+,30+,31+/m0/s1. The highest BCUT2D eigenvalue weighted by atomic mass is 16.2. The second kappa shape index (κ2) is 9.11. The fraction of sp³-hybridized carbons (Fsp3) is 0.375. The van der Waals surface area contributed by atoms with Crippen molar-refractivity contribution in [2.75, 3.05) is 0 Å². The fourth-order valence-corrected chi connectivity index (χ4v) is 7.26. The summed E-state index contributed by atoms with van der Waals surface area (Å²) in [6, 6.07) is 27.6. The zero-order valence-corrected chi connectivity index (χ0v) is 20.4. The number of ketones is 1. The lowest BCUT2D eigenvalue weighted by atomic mass is 9.59. The zero-order chi connectivity index (χ0) is 23.9. The van der Waals surface area contributed by atoms with Gasteiger partial charge >= 0.3 is 0 Å². The Bertz CT molecular complexity index is 1230. The van der Waals surface area contributed by atoms with Crippen LogP contribution in [0.4, 0.5) is 0 Å². The van der Waals surface area contributed by atoms with Crippen LogP contribution in [0.15, 0.2) is 78.9 Å². The summed E-state index contributed by atoms with van der Waals surface area (Å²) in [5.74, 6) is 1.01. The van der Waals surface area contributed by atoms with Gasteiger partial charge in [0, 0.05) is 24.1 Å². The summed E-state index contributed by atoms with van der Waals surface area (Å²) in [6.45, 7) is 2.34. The summed E-state index contributed by atoms with van der Waals surface area (Å²) in [7, 11) is 0. The lowest BCUT2D eigenvalue weighted by molar-refractivity contribution is -0.133. The Hall–Kier alpha value is -3.20. The van der Waals surface area contributed by atoms with Crippen molar-refractivity contribution >= 4 is 11.7 Å². The van der Waals surface area contributed by atoms with E-state index >= 15 is 0 Å². The number of likely N-dealkylation sites (tertiary alicyclic amines) is 1. The molecule has 0 spiro atoms. The van der Waals surface area contributed by atoms with Crippen LogP contribution in [-0.2, 0) is 11.3 Å². The second-order valence-corrected chi connectivity index (χ2v) is 10.7. The molecular formula is C32H33NO2. The van der Waals surface area contributed by atoms with Crippen molar-refractivity contribution < 1.29 is 9.59 Å². The molecule has 0 radical (unpaired) electrons. The maximum Gasteiger partial charge on any atom is 0.227 e. The lowest BCUT2D eigenvalue weighted by Crippen LogP contribution is -2.39. The van der Waals surface area contributed by atoms with E-state index in [1.165, 1.54) is 41.5 Å². The molecule has 3 heteroatoms. The van der Waals surface area contributed by atoms with Gasteiger partial charge in [-0.3, -0.25) is 9.59 Å². The highest BCUT2D eigenvalue weighted by Crippen LogP contribution is 2.58. The van der Waals surface area contributed by atoms with Gasteiger partial charge in [0.25, 0.3) is 0 Å². The molecule has 3 aromatic carbocycles. The summed E-state index contributed by atoms with van der Waals surface area (Å²) in [4.78, 5) is 28.9. The highest BCUT2D eigenvalue weighted by molar-refractivity contribution is 5.94. The topological polar surface area (TPSA) is 37.4 Å². The molecule has 1 saturated heterocycles. The third kappa shape index (κ3) is 3.82. The van der Waals surface area contributed by atoms with Crippen LogP contribution in [0, 0.1) is 11.8 Å². The quantitative estimate of drug-likeness (QED) is 0.403. The molecule has 5 atom stereocenters. The summed E-state index contributed by atoms with van der Waals surface area (Å²) >= 11 is 0. The Morgan fingerprint density at radius 3 is 2.31 bits per heavy atom. The van der Waals surface area contributed by atoms with Crippen molar-refractivity contribution in [3.05, 3.63) is 107 Å². The van der Waals surface area contributed by atoms with Gasteiger partial charge in [0.15, 0.2) is 5.78 Å². The van der Waals surface area contributed by atoms with Crippen molar-refractivity contribution in [2.24, 2.45) is 11.8 Å². The molecule has 1 heterocycles. The van der Waals surface area contributed by atoms with Crippen LogP contribution in [-0.4, -0.2) is 22.6 Å². The van der Waals surface area contributed by atoms with Crippen molar-refractivity contribution in [1.82, 2.24) is 4.90 Å². The molecule has 178 valence electrons. The minimum absolute atomic E-state index is 0.0312. The van der Waals surface area contributed by atoms with Gasteiger partial charge in [0.1, 0.15) is 0 Å². The average Bonchev–Trinajstić information content (AvgIpc) is 3.13. The number of Topliss-reactive ketones (excluding diaryl/α,β-unsaturated/α-hetero) is 1. The van der Waals surface area contributed by atoms with Gasteiger partial charge in [-0.1, -0.05) is 92.1 Å². The Balaban J connectivity index is 1.53. The van der Waals surface area contributed by atoms with Gasteiger partial charge in [-0.15, -0.1) is 0 Å². The first-order valence-electron chi connectivity index (χ1n) is 13.2. The van der Waals surface area contributed by atoms with Gasteiger partial charge in [-0.2, -0.15) is 0 Å². The van der Waals surface area contributed by atoms with E-state index < -0.39 is 0 Å². The number of carbonyl (C=O) groups is 2. The molecule has 2 aliphatic carbocycles. The summed E-state index contributed by atoms with van der Waals surface area (Å²) < 4.78 is 0. The minimum atomic E-state index is -0.0510. The van der Waals surface area contributed by atoms with Gasteiger partial charge in [0.05, 0.1) is 5.92 Å². The van der Waals surface area contributed by atoms with E-state index in [9.17, 15) is 9.59 Å². The minimum Gasteiger partial charge on any atom is -0.335 e. The van der Waals surface area contributed by atoms with Gasteiger partial charge in [0.2, 0.25) is 5.91 Å². The zero-order valence-electron chi connectivity index (χ0n) is 20.4. The maximum atomic E-state index is 14.4. The molecule has 1 saturated carbocycles. The molecule has 3 aromatic rings. The monoisotopic (exact) mass is 463 g/mol. The van der Waals surface area contributed by atoms with Crippen molar-refractivity contribution in [3.63, 3.8) is 0 Å². The third-order valence-electron chi connectivity index (χ3n) is 8.75. The van der Waals surface area contributed by atoms with Crippen LogP contribution in [0.3, 0.4) is 0 Å². The van der Waals surface area contributed by atoms with Crippen LogP contribution in [0.5, 0.6) is 0 Å². The van der Waals surface area contributed by atoms with Crippen LogP contribution in [0.1, 0.15) is 83.5 Å². The van der Waals surface area contributed by atoms with E-state index in [1.807, 2.05) is 18.2 Å². The fourth-order valence-electron chi connectivity index (χ4n) is 7.26. The predicted molar refractivity (Wildman–Crippen MR) is 138 cm³/mol. The molecule has 35 heavy (non-hydrogen) atoms. The molecule has 1 amide bonds. The summed E-state index contributed by atoms with van der Waals surface area (Å²) in [6.07, 6.45) is 5.74. The van der Waals surface area contributed by atoms with Crippen molar-refractivity contribution in [3.8, 4) is 0 Å². The summed E-state index contributed by atoms with van der Waals surface area (Å²) in [5, 5.41) is 0. The second-order valence-electron chi connectivity index (χ2n) is 10.7. The van der Waals surface area contributed by atoms with E-state index in [0.29, 0.717) is 18.4 Å². The highest BCUT2D eigenvalue weighted by Gasteiger charge is 2.57. The number of nitrogens with zero attached hydrogens (tertiary/aromatic N) is 1. The van der Waals surface area contributed by atoms with E-state index in [1.54, 1.807) is 6.92 Å². The van der Waals surface area contributed by atoms with Crippen LogP contribution in [0.2, 0.25) is 0 Å². The smallest absolute Gasteiger partial charge is 0.227 e. The molecule has 2 fully saturated rings. The number of carbonyl (C=O) groups excluding carboxylic acids is 2. The molecule has 3 aliphatic rings. The Morgan fingerprint density at radius 2 is 1.57 bits per heavy atom. The van der Waals surface area contributed by atoms with E-state index in [-0.39, 0.29) is 29.6 Å². The number of hydrogen-bond acceptors (Lipinski definition) is 2. The van der Waals surface area contributed by atoms with Crippen LogP contribution < -0.4 is 0 Å². The van der Waals surface area contributed by atoms with E-state index in [0.717, 1.165) is 18.4 Å². The number of rotatable bonds is 4. The van der Waals surface area contributed by atoms with Gasteiger partial charge in [-0.25, -0.2) is 0 Å². The Morgan fingerprint density at radius 1 is 0.857 bits per heavy atom. The van der Waals surface area contributed by atoms with Crippen molar-refractivity contribution in [2.45, 2.75) is 63.5 Å². The molecular weight excluding hydrogens is 430 g/mol. The summed E-state index contributed by atoms with van der Waals surface area (Å²) in [5.41, 5.74) is 5.77. The SMILES string of the molecule is CC(=O)c1ccc2c(c1)[C@@H]1CCCCC[C@@H]3[C@@H]1[C@H](C(=O)N3Cc1ccccc1)[C@@H]2c1ccccc1. The van der Waals surface area contributed by atoms with E-state index in [2.05, 4.69) is 65.6 Å². The number of amides is 1. The molecule has 3 nitrogen and oxygen atoms in total. The van der Waals surface area contributed by atoms with Crippen LogP contribution >= 0.6 is 0 Å². The molecule has 0 aromatic heterocycles. The Labute approximate surface area is 208 Å². The van der Waals surface area contributed by atoms with Crippen molar-refractivity contribution in [1.29, 1.82) is 0 Å². The number of benzene rings is 3. The largest absolute Gasteiger partial charge is 0.335 e. The molecule has 0 unspecified atom stereocenters. The molecule has 6 rings (SSSR count). The van der Waals surface area contributed by atoms with Crippen LogP contribution in [0.25, 0.3) is 0 Å². The average molecular weight is 464 g/mol. The molecule has 0 N–H and O–H groups in total. The Kier molecular flexibility index (Phi) is 5.80. The molecule has 0 bridgehead atoms. The normalized spacial score (nSPS) is 27.5. The first-order chi connectivity index (χ1) is 17.1. The maximum absolute atomic E-state index is 14.4. The molecule has 1 aliphatic heterocycles. The third-order valence-corrected chi connectivity index (χ3v) is 8.75. The predicted octanol–water partition coefficient (Wildman–Crippen LogP) is 6.73. The van der Waals surface area contributed by atoms with E-state index in [4.69, 9.17) is 0 Å². The van der Waals surface area contributed by atoms with Gasteiger partial charge < -0.3 is 4.90 Å².